The summed E-state index contributed by atoms with van der Waals surface area (Å²) in [4.78, 5) is 11.3. The molecule has 6 nitrogen and oxygen atoms in total. The number of carbonyl (C=O) groups excluding carboxylic acids is 1. The van der Waals surface area contributed by atoms with Crippen molar-refractivity contribution in [3.8, 4) is 28.3 Å². The van der Waals surface area contributed by atoms with Gasteiger partial charge in [-0.1, -0.05) is 35.9 Å². The third-order valence-corrected chi connectivity index (χ3v) is 5.43. The van der Waals surface area contributed by atoms with Gasteiger partial charge in [-0.05, 0) is 36.8 Å². The van der Waals surface area contributed by atoms with Crippen molar-refractivity contribution in [1.29, 1.82) is 0 Å². The number of halogens is 1. The molecule has 0 saturated carbocycles. The van der Waals surface area contributed by atoms with E-state index in [2.05, 4.69) is 5.10 Å². The van der Waals surface area contributed by atoms with Crippen LogP contribution < -0.4 is 4.74 Å². The van der Waals surface area contributed by atoms with Gasteiger partial charge < -0.3 is 4.74 Å². The zero-order chi connectivity index (χ0) is 19.6. The van der Waals surface area contributed by atoms with Crippen LogP contribution in [0, 0.1) is 0 Å². The minimum Gasteiger partial charge on any atom is -0.409 e. The molecule has 2 aromatic carbocycles. The van der Waals surface area contributed by atoms with E-state index in [1.54, 1.807) is 28.9 Å². The van der Waals surface area contributed by atoms with Crippen molar-refractivity contribution in [2.75, 3.05) is 6.26 Å². The van der Waals surface area contributed by atoms with Crippen LogP contribution in [-0.4, -0.2) is 30.9 Å². The molecule has 3 aromatic rings. The molecule has 0 N–H and O–H groups in total. The number of hydrogen-bond donors (Lipinski definition) is 0. The lowest BCUT2D eigenvalue weighted by molar-refractivity contribution is -0.121. The topological polar surface area (TPSA) is 78.3 Å². The second-order valence-electron chi connectivity index (χ2n) is 5.86. The SMILES string of the molecule is CCn1nc(-c2ccc(S(C)(=O)=O)cc2)c(-c2ccc(Cl)cc2)c1OC=O. The van der Waals surface area contributed by atoms with Gasteiger partial charge in [0.25, 0.3) is 6.47 Å². The molecule has 0 radical (unpaired) electrons. The van der Waals surface area contributed by atoms with E-state index >= 15 is 0 Å². The second kappa shape index (κ2) is 7.54. The smallest absolute Gasteiger partial charge is 0.299 e. The molecule has 0 spiro atoms. The summed E-state index contributed by atoms with van der Waals surface area (Å²) < 4.78 is 30.2. The quantitative estimate of drug-likeness (QED) is 0.583. The van der Waals surface area contributed by atoms with Crippen LogP contribution in [0.5, 0.6) is 5.88 Å². The van der Waals surface area contributed by atoms with Crippen molar-refractivity contribution >= 4 is 27.9 Å². The molecule has 0 aliphatic rings. The predicted octanol–water partition coefficient (Wildman–Crippen LogP) is 3.83. The molecule has 0 fully saturated rings. The van der Waals surface area contributed by atoms with Crippen molar-refractivity contribution in [2.24, 2.45) is 0 Å². The molecule has 0 amide bonds. The minimum atomic E-state index is -3.30. The van der Waals surface area contributed by atoms with Gasteiger partial charge in [-0.2, -0.15) is 5.10 Å². The Morgan fingerprint density at radius 1 is 1.07 bits per heavy atom. The van der Waals surface area contributed by atoms with Crippen LogP contribution in [0.1, 0.15) is 6.92 Å². The first-order valence-corrected chi connectivity index (χ1v) is 10.4. The van der Waals surface area contributed by atoms with Gasteiger partial charge in [0.15, 0.2) is 9.84 Å². The number of sulfone groups is 1. The highest BCUT2D eigenvalue weighted by Crippen LogP contribution is 2.39. The van der Waals surface area contributed by atoms with E-state index in [0.29, 0.717) is 40.7 Å². The van der Waals surface area contributed by atoms with Crippen molar-refractivity contribution in [2.45, 2.75) is 18.4 Å². The normalized spacial score (nSPS) is 11.4. The summed E-state index contributed by atoms with van der Waals surface area (Å²) in [6, 6.07) is 13.5. The van der Waals surface area contributed by atoms with E-state index in [4.69, 9.17) is 16.3 Å². The maximum Gasteiger partial charge on any atom is 0.299 e. The van der Waals surface area contributed by atoms with Crippen LogP contribution in [0.2, 0.25) is 5.02 Å². The summed E-state index contributed by atoms with van der Waals surface area (Å²) in [5, 5.41) is 5.14. The van der Waals surface area contributed by atoms with E-state index in [0.717, 1.165) is 11.8 Å². The zero-order valence-corrected chi connectivity index (χ0v) is 16.3. The Morgan fingerprint density at radius 2 is 1.67 bits per heavy atom. The second-order valence-corrected chi connectivity index (χ2v) is 8.31. The van der Waals surface area contributed by atoms with Crippen LogP contribution in [0.4, 0.5) is 0 Å². The number of aryl methyl sites for hydroxylation is 1. The van der Waals surface area contributed by atoms with E-state index < -0.39 is 9.84 Å². The molecule has 8 heteroatoms. The number of ether oxygens (including phenoxy) is 1. The van der Waals surface area contributed by atoms with E-state index in [1.807, 2.05) is 19.1 Å². The first-order chi connectivity index (χ1) is 12.8. The number of hydrogen-bond acceptors (Lipinski definition) is 5. The first-order valence-electron chi connectivity index (χ1n) is 8.12. The number of rotatable bonds is 6. The average molecular weight is 405 g/mol. The Morgan fingerprint density at radius 3 is 2.19 bits per heavy atom. The molecule has 0 saturated heterocycles. The molecule has 3 rings (SSSR count). The van der Waals surface area contributed by atoms with Crippen LogP contribution in [-0.2, 0) is 21.2 Å². The highest BCUT2D eigenvalue weighted by molar-refractivity contribution is 7.90. The van der Waals surface area contributed by atoms with Gasteiger partial charge in [0.2, 0.25) is 5.88 Å². The molecule has 0 aliphatic heterocycles. The largest absolute Gasteiger partial charge is 0.409 e. The predicted molar refractivity (Wildman–Crippen MR) is 104 cm³/mol. The van der Waals surface area contributed by atoms with Gasteiger partial charge in [0, 0.05) is 23.4 Å². The number of nitrogens with zero attached hydrogens (tertiary/aromatic N) is 2. The van der Waals surface area contributed by atoms with Gasteiger partial charge in [0.1, 0.15) is 5.69 Å². The first kappa shape index (κ1) is 19.1. The molecule has 0 unspecified atom stereocenters. The van der Waals surface area contributed by atoms with Crippen LogP contribution in [0.3, 0.4) is 0 Å². The molecule has 0 bridgehead atoms. The fourth-order valence-corrected chi connectivity index (χ4v) is 3.52. The maximum atomic E-state index is 11.7. The van der Waals surface area contributed by atoms with Gasteiger partial charge >= 0.3 is 0 Å². The lowest BCUT2D eigenvalue weighted by Gasteiger charge is -2.07. The Balaban J connectivity index is 2.22. The third kappa shape index (κ3) is 3.89. The highest BCUT2D eigenvalue weighted by atomic mass is 35.5. The summed E-state index contributed by atoms with van der Waals surface area (Å²) in [6.45, 7) is 2.73. The van der Waals surface area contributed by atoms with Gasteiger partial charge in [-0.3, -0.25) is 4.79 Å². The fourth-order valence-electron chi connectivity index (χ4n) is 2.76. The monoisotopic (exact) mass is 404 g/mol. The molecular weight excluding hydrogens is 388 g/mol. The molecule has 1 heterocycles. The number of carbonyl (C=O) groups is 1. The minimum absolute atomic E-state index is 0.221. The Labute approximate surface area is 162 Å². The summed E-state index contributed by atoms with van der Waals surface area (Å²) in [6.07, 6.45) is 1.16. The van der Waals surface area contributed by atoms with Crippen molar-refractivity contribution in [3.05, 3.63) is 53.6 Å². The van der Waals surface area contributed by atoms with Crippen LogP contribution >= 0.6 is 11.6 Å². The molecule has 27 heavy (non-hydrogen) atoms. The average Bonchev–Trinajstić information content (AvgIpc) is 3.00. The third-order valence-electron chi connectivity index (χ3n) is 4.05. The highest BCUT2D eigenvalue weighted by Gasteiger charge is 2.22. The van der Waals surface area contributed by atoms with E-state index in [9.17, 15) is 13.2 Å². The van der Waals surface area contributed by atoms with Gasteiger partial charge in [-0.15, -0.1) is 0 Å². The standard InChI is InChI=1S/C19H17ClN2O4S/c1-3-22-19(26-12-23)17(13-4-8-15(20)9-5-13)18(21-22)14-6-10-16(11-7-14)27(2,24)25/h4-12H,3H2,1-2H3. The Bertz CT molecular complexity index is 1070. The van der Waals surface area contributed by atoms with Gasteiger partial charge in [-0.25, -0.2) is 13.1 Å². The van der Waals surface area contributed by atoms with Crippen molar-refractivity contribution in [3.63, 3.8) is 0 Å². The van der Waals surface area contributed by atoms with Crippen molar-refractivity contribution in [1.82, 2.24) is 9.78 Å². The summed E-state index contributed by atoms with van der Waals surface area (Å²) in [5.41, 5.74) is 2.69. The molecule has 0 atom stereocenters. The zero-order valence-electron chi connectivity index (χ0n) is 14.7. The molecule has 0 aliphatic carbocycles. The Hall–Kier alpha value is -2.64. The maximum absolute atomic E-state index is 11.7. The molecule has 1 aromatic heterocycles. The van der Waals surface area contributed by atoms with Crippen LogP contribution in [0.25, 0.3) is 22.4 Å². The fraction of sp³-hybridized carbons (Fsp3) is 0.158. The number of aromatic nitrogens is 2. The Kier molecular flexibility index (Phi) is 5.34. The van der Waals surface area contributed by atoms with E-state index in [-0.39, 0.29) is 4.90 Å². The van der Waals surface area contributed by atoms with Gasteiger partial charge in [0.05, 0.1) is 10.5 Å². The lowest BCUT2D eigenvalue weighted by Crippen LogP contribution is -2.02. The molecule has 140 valence electrons. The molecular formula is C19H17ClN2O4S. The number of benzene rings is 2. The lowest BCUT2D eigenvalue weighted by atomic mass is 10.0. The summed E-state index contributed by atoms with van der Waals surface area (Å²) >= 11 is 5.98. The van der Waals surface area contributed by atoms with E-state index in [1.165, 1.54) is 12.1 Å². The van der Waals surface area contributed by atoms with Crippen molar-refractivity contribution < 1.29 is 17.9 Å². The van der Waals surface area contributed by atoms with Crippen LogP contribution in [0.15, 0.2) is 53.4 Å². The summed E-state index contributed by atoms with van der Waals surface area (Å²) in [5.74, 6) is 0.317. The summed E-state index contributed by atoms with van der Waals surface area (Å²) in [7, 11) is -3.30.